The lowest BCUT2D eigenvalue weighted by atomic mass is 10.2. The average molecular weight is 338 g/mol. The number of aromatic nitrogens is 2. The second-order valence-corrected chi connectivity index (χ2v) is 6.14. The molecule has 0 bridgehead atoms. The Bertz CT molecular complexity index is 611. The molecule has 1 aliphatic heterocycles. The molecule has 1 aromatic heterocycles. The number of carbonyl (C=O) groups is 1. The third-order valence-corrected chi connectivity index (χ3v) is 3.95. The molecule has 1 saturated heterocycles. The van der Waals surface area contributed by atoms with E-state index in [2.05, 4.69) is 38.5 Å². The van der Waals surface area contributed by atoms with Crippen molar-refractivity contribution >= 4 is 40.4 Å². The molecule has 1 amide bonds. The van der Waals surface area contributed by atoms with Crippen molar-refractivity contribution < 1.29 is 4.79 Å². The van der Waals surface area contributed by atoms with Crippen LogP contribution in [0.15, 0.2) is 34.9 Å². The predicted octanol–water partition coefficient (Wildman–Crippen LogP) is 2.87. The molecular weight excluding hydrogens is 326 g/mol. The highest BCUT2D eigenvalue weighted by atomic mass is 79.9. The van der Waals surface area contributed by atoms with Crippen molar-refractivity contribution in [3.8, 4) is 11.3 Å². The first kappa shape index (κ1) is 12.7. The fraction of sp³-hybridized carbons (Fsp3) is 0.231. The van der Waals surface area contributed by atoms with Crippen LogP contribution in [0.2, 0.25) is 0 Å². The second-order valence-electron chi connectivity index (χ2n) is 4.49. The summed E-state index contributed by atoms with van der Waals surface area (Å²) in [5.74, 6) is 0.663. The lowest BCUT2D eigenvalue weighted by Gasteiger charge is -2.11. The number of hydrogen-bond acceptors (Lipinski definition) is 3. The van der Waals surface area contributed by atoms with Crippen molar-refractivity contribution in [2.75, 3.05) is 11.4 Å². The van der Waals surface area contributed by atoms with Crippen LogP contribution in [0.1, 0.15) is 6.42 Å². The first-order valence-electron chi connectivity index (χ1n) is 5.93. The van der Waals surface area contributed by atoms with E-state index in [4.69, 9.17) is 0 Å². The van der Waals surface area contributed by atoms with Crippen LogP contribution < -0.4 is 4.90 Å². The predicted molar refractivity (Wildman–Crippen MR) is 81.5 cm³/mol. The molecule has 0 radical (unpaired) electrons. The van der Waals surface area contributed by atoms with Crippen molar-refractivity contribution in [2.24, 2.45) is 0 Å². The first-order chi connectivity index (χ1) is 9.13. The van der Waals surface area contributed by atoms with Gasteiger partial charge in [0, 0.05) is 22.7 Å². The van der Waals surface area contributed by atoms with Gasteiger partial charge in [-0.05, 0) is 17.7 Å². The highest BCUT2D eigenvalue weighted by Gasteiger charge is 2.30. The smallest absolute Gasteiger partial charge is 0.230 e. The van der Waals surface area contributed by atoms with E-state index >= 15 is 0 Å². The summed E-state index contributed by atoms with van der Waals surface area (Å²) in [5, 5.41) is 0.0914. The summed E-state index contributed by atoms with van der Waals surface area (Å²) >= 11 is 7.74. The van der Waals surface area contributed by atoms with Gasteiger partial charge >= 0.3 is 0 Å². The molecule has 0 saturated carbocycles. The summed E-state index contributed by atoms with van der Waals surface area (Å²) < 4.78 is 1.03. The molecule has 6 heteroatoms. The molecule has 1 fully saturated rings. The largest absolute Gasteiger partial charge is 0.324 e. The molecular formula is C13H12BrN3OS. The molecule has 1 N–H and O–H groups in total. The zero-order valence-electron chi connectivity index (χ0n) is 10.0. The molecule has 1 aromatic carbocycles. The number of H-pyrrole nitrogens is 1. The van der Waals surface area contributed by atoms with Crippen molar-refractivity contribution in [1.29, 1.82) is 0 Å². The highest BCUT2D eigenvalue weighted by molar-refractivity contribution is 9.10. The molecule has 4 nitrogen and oxygen atoms in total. The Hall–Kier alpha value is -1.27. The fourth-order valence-electron chi connectivity index (χ4n) is 2.12. The molecule has 3 rings (SSSR count). The maximum absolute atomic E-state index is 11.8. The number of halogens is 1. The van der Waals surface area contributed by atoms with Crippen LogP contribution in [0.5, 0.6) is 0 Å². The van der Waals surface area contributed by atoms with Crippen molar-refractivity contribution in [2.45, 2.75) is 11.7 Å². The number of nitrogens with zero attached hydrogens (tertiary/aromatic N) is 2. The number of nitrogens with one attached hydrogen (secondary N) is 1. The standard InChI is InChI=1S/C13H12BrN3OS/c14-9-3-1-8(2-4-9)11-6-15-13(16-11)17-7-10(19)5-12(17)18/h1-4,6,10,19H,5,7H2,(H,15,16). The highest BCUT2D eigenvalue weighted by Crippen LogP contribution is 2.25. The molecule has 2 aromatic rings. The van der Waals surface area contributed by atoms with E-state index in [1.807, 2.05) is 24.3 Å². The Morgan fingerprint density at radius 1 is 1.37 bits per heavy atom. The lowest BCUT2D eigenvalue weighted by molar-refractivity contribution is -0.117. The maximum atomic E-state index is 11.8. The van der Waals surface area contributed by atoms with Gasteiger partial charge in [-0.15, -0.1) is 0 Å². The number of hydrogen-bond donors (Lipinski definition) is 2. The van der Waals surface area contributed by atoms with Gasteiger partial charge in [0.2, 0.25) is 11.9 Å². The van der Waals surface area contributed by atoms with Crippen LogP contribution in [0.3, 0.4) is 0 Å². The Labute approximate surface area is 124 Å². The number of carbonyl (C=O) groups excluding carboxylic acids is 1. The molecule has 1 atom stereocenters. The van der Waals surface area contributed by atoms with Gasteiger partial charge < -0.3 is 4.98 Å². The van der Waals surface area contributed by atoms with Crippen molar-refractivity contribution in [3.63, 3.8) is 0 Å². The Kier molecular flexibility index (Phi) is 3.36. The monoisotopic (exact) mass is 337 g/mol. The van der Waals surface area contributed by atoms with Gasteiger partial charge in [-0.3, -0.25) is 9.69 Å². The number of anilines is 1. The van der Waals surface area contributed by atoms with E-state index in [0.29, 0.717) is 18.9 Å². The fourth-order valence-corrected chi connectivity index (χ4v) is 2.70. The maximum Gasteiger partial charge on any atom is 0.230 e. The Balaban J connectivity index is 1.87. The van der Waals surface area contributed by atoms with Crippen molar-refractivity contribution in [1.82, 2.24) is 9.97 Å². The molecule has 1 aliphatic rings. The quantitative estimate of drug-likeness (QED) is 0.828. The Morgan fingerprint density at radius 3 is 2.74 bits per heavy atom. The van der Waals surface area contributed by atoms with Gasteiger partial charge in [0.15, 0.2) is 0 Å². The number of aromatic amines is 1. The average Bonchev–Trinajstić information content (AvgIpc) is 2.97. The van der Waals surface area contributed by atoms with Crippen LogP contribution in [-0.4, -0.2) is 27.7 Å². The normalized spacial score (nSPS) is 19.2. The van der Waals surface area contributed by atoms with Crippen LogP contribution >= 0.6 is 28.6 Å². The van der Waals surface area contributed by atoms with E-state index < -0.39 is 0 Å². The summed E-state index contributed by atoms with van der Waals surface area (Å²) in [7, 11) is 0. The molecule has 98 valence electrons. The van der Waals surface area contributed by atoms with E-state index in [1.54, 1.807) is 11.1 Å². The summed E-state index contributed by atoms with van der Waals surface area (Å²) in [4.78, 5) is 20.9. The number of amides is 1. The van der Waals surface area contributed by atoms with Crippen LogP contribution in [0.25, 0.3) is 11.3 Å². The summed E-state index contributed by atoms with van der Waals surface area (Å²) in [6.45, 7) is 0.606. The number of imidazole rings is 1. The van der Waals surface area contributed by atoms with E-state index in [-0.39, 0.29) is 11.2 Å². The summed E-state index contributed by atoms with van der Waals surface area (Å²) in [5.41, 5.74) is 1.94. The number of thiol groups is 1. The topological polar surface area (TPSA) is 49.0 Å². The molecule has 2 heterocycles. The summed E-state index contributed by atoms with van der Waals surface area (Å²) in [6, 6.07) is 7.93. The number of rotatable bonds is 2. The van der Waals surface area contributed by atoms with Crippen molar-refractivity contribution in [3.05, 3.63) is 34.9 Å². The van der Waals surface area contributed by atoms with Gasteiger partial charge in [0.25, 0.3) is 0 Å². The third-order valence-electron chi connectivity index (χ3n) is 3.08. The SMILES string of the molecule is O=C1CC(S)CN1c1ncc(-c2ccc(Br)cc2)[nH]1. The zero-order chi connectivity index (χ0) is 13.4. The third kappa shape index (κ3) is 2.55. The lowest BCUT2D eigenvalue weighted by Crippen LogP contribution is -2.25. The van der Waals surface area contributed by atoms with Gasteiger partial charge in [-0.25, -0.2) is 4.98 Å². The zero-order valence-corrected chi connectivity index (χ0v) is 12.5. The van der Waals surface area contributed by atoms with Gasteiger partial charge in [0.1, 0.15) is 0 Å². The van der Waals surface area contributed by atoms with Gasteiger partial charge in [-0.1, -0.05) is 28.1 Å². The minimum atomic E-state index is 0.0664. The molecule has 0 aliphatic carbocycles. The van der Waals surface area contributed by atoms with E-state index in [9.17, 15) is 4.79 Å². The van der Waals surface area contributed by atoms with Crippen LogP contribution in [-0.2, 0) is 4.79 Å². The van der Waals surface area contributed by atoms with E-state index in [1.165, 1.54) is 0 Å². The molecule has 0 spiro atoms. The van der Waals surface area contributed by atoms with Gasteiger partial charge in [0.05, 0.1) is 11.9 Å². The number of benzene rings is 1. The van der Waals surface area contributed by atoms with Crippen LogP contribution in [0.4, 0.5) is 5.95 Å². The summed E-state index contributed by atoms with van der Waals surface area (Å²) in [6.07, 6.45) is 2.22. The molecule has 1 unspecified atom stereocenters. The second kappa shape index (κ2) is 5.02. The van der Waals surface area contributed by atoms with E-state index in [0.717, 1.165) is 15.7 Å². The minimum absolute atomic E-state index is 0.0664. The minimum Gasteiger partial charge on any atom is -0.324 e. The molecule has 19 heavy (non-hydrogen) atoms. The first-order valence-corrected chi connectivity index (χ1v) is 7.24. The van der Waals surface area contributed by atoms with Gasteiger partial charge in [-0.2, -0.15) is 12.6 Å². The van der Waals surface area contributed by atoms with Crippen LogP contribution in [0, 0.1) is 0 Å². The Morgan fingerprint density at radius 2 is 2.11 bits per heavy atom.